The van der Waals surface area contributed by atoms with Crippen molar-refractivity contribution in [1.29, 1.82) is 0 Å². The molecule has 6 nitrogen and oxygen atoms in total. The number of aliphatic hydroxyl groups is 1. The number of benzene rings is 1. The van der Waals surface area contributed by atoms with Crippen molar-refractivity contribution in [3.05, 3.63) is 53.4 Å². The third kappa shape index (κ3) is 3.82. The van der Waals surface area contributed by atoms with Crippen LogP contribution < -0.4 is 5.73 Å². The normalized spacial score (nSPS) is 13.4. The Balaban J connectivity index is 2.12. The average molecular weight is 376 g/mol. The fourth-order valence-electron chi connectivity index (χ4n) is 2.67. The van der Waals surface area contributed by atoms with E-state index in [0.29, 0.717) is 16.7 Å². The molecule has 0 unspecified atom stereocenters. The number of nitrogens with two attached hydrogens (primary N) is 1. The Bertz CT molecular complexity index is 1040. The first-order valence-electron chi connectivity index (χ1n) is 7.88. The number of rotatable bonds is 4. The van der Waals surface area contributed by atoms with Crippen molar-refractivity contribution in [1.82, 2.24) is 15.0 Å². The number of fused-ring (bicyclic) bond motifs is 1. The monoisotopic (exact) mass is 376 g/mol. The van der Waals surface area contributed by atoms with Crippen molar-refractivity contribution < 1.29 is 23.1 Å². The zero-order chi connectivity index (χ0) is 19.8. The minimum atomic E-state index is -4.62. The third-order valence-corrected chi connectivity index (χ3v) is 3.94. The van der Waals surface area contributed by atoms with E-state index < -0.39 is 23.8 Å². The Morgan fingerprint density at radius 1 is 1.37 bits per heavy atom. The van der Waals surface area contributed by atoms with Crippen LogP contribution in [0.1, 0.15) is 29.7 Å². The molecule has 27 heavy (non-hydrogen) atoms. The molecule has 1 aromatic carbocycles. The number of carbonyl (C=O) groups excluding carboxylic acids is 1. The van der Waals surface area contributed by atoms with Crippen molar-refractivity contribution in [2.45, 2.75) is 19.2 Å². The standard InChI is InChI=1S/C18H15F3N4O2/c1-9(26)12-4-2-10(6-13(12)18(19,20)21)14-8-24-17-16(25-14)11(7-23-17)3-5-15(22)27/h2-9,26H,1H3,(H2,22,27)(H,23,24)/t9-/m0/s1. The van der Waals surface area contributed by atoms with Gasteiger partial charge in [-0.25, -0.2) is 9.97 Å². The van der Waals surface area contributed by atoms with Crippen molar-refractivity contribution in [2.75, 3.05) is 0 Å². The van der Waals surface area contributed by atoms with Crippen molar-refractivity contribution in [3.8, 4) is 11.3 Å². The highest BCUT2D eigenvalue weighted by atomic mass is 19.4. The van der Waals surface area contributed by atoms with Crippen LogP contribution >= 0.6 is 0 Å². The highest BCUT2D eigenvalue weighted by Crippen LogP contribution is 2.37. The van der Waals surface area contributed by atoms with Crippen LogP contribution in [0.5, 0.6) is 0 Å². The van der Waals surface area contributed by atoms with Crippen molar-refractivity contribution in [3.63, 3.8) is 0 Å². The maximum atomic E-state index is 13.3. The van der Waals surface area contributed by atoms with Gasteiger partial charge in [0.1, 0.15) is 5.52 Å². The van der Waals surface area contributed by atoms with E-state index in [1.54, 1.807) is 6.20 Å². The molecule has 0 radical (unpaired) electrons. The Kier molecular flexibility index (Phi) is 4.71. The molecule has 4 N–H and O–H groups in total. The van der Waals surface area contributed by atoms with E-state index in [9.17, 15) is 23.1 Å². The van der Waals surface area contributed by atoms with Gasteiger partial charge in [0.05, 0.1) is 23.6 Å². The minimum absolute atomic E-state index is 0.201. The first kappa shape index (κ1) is 18.6. The van der Waals surface area contributed by atoms with Crippen LogP contribution in [0.3, 0.4) is 0 Å². The molecule has 0 bridgehead atoms. The van der Waals surface area contributed by atoms with E-state index in [1.807, 2.05) is 0 Å². The molecule has 0 fully saturated rings. The number of amides is 1. The van der Waals surface area contributed by atoms with Crippen LogP contribution in [0.25, 0.3) is 28.5 Å². The number of hydrogen-bond acceptors (Lipinski definition) is 4. The Morgan fingerprint density at radius 3 is 2.74 bits per heavy atom. The summed E-state index contributed by atoms with van der Waals surface area (Å²) in [5, 5.41) is 9.61. The maximum absolute atomic E-state index is 13.3. The summed E-state index contributed by atoms with van der Waals surface area (Å²) in [6, 6.07) is 3.60. The van der Waals surface area contributed by atoms with E-state index in [1.165, 1.54) is 31.3 Å². The van der Waals surface area contributed by atoms with Gasteiger partial charge in [-0.05, 0) is 24.6 Å². The second-order valence-corrected chi connectivity index (χ2v) is 5.91. The third-order valence-electron chi connectivity index (χ3n) is 3.94. The molecule has 2 heterocycles. The van der Waals surface area contributed by atoms with Gasteiger partial charge >= 0.3 is 6.18 Å². The van der Waals surface area contributed by atoms with Gasteiger partial charge in [0.25, 0.3) is 0 Å². The number of primary amides is 1. The summed E-state index contributed by atoms with van der Waals surface area (Å²) in [5.74, 6) is -0.642. The second-order valence-electron chi connectivity index (χ2n) is 5.91. The highest BCUT2D eigenvalue weighted by molar-refractivity contribution is 5.93. The molecular weight excluding hydrogens is 361 g/mol. The summed E-state index contributed by atoms with van der Waals surface area (Å²) in [7, 11) is 0. The van der Waals surface area contributed by atoms with E-state index in [-0.39, 0.29) is 16.8 Å². The predicted octanol–water partition coefficient (Wildman–Crippen LogP) is 3.20. The summed E-state index contributed by atoms with van der Waals surface area (Å²) in [4.78, 5) is 22.3. The molecule has 9 heteroatoms. The number of aliphatic hydroxyl groups excluding tert-OH is 1. The summed E-state index contributed by atoms with van der Waals surface area (Å²) in [6.45, 7) is 1.27. The molecule has 0 saturated carbocycles. The average Bonchev–Trinajstić information content (AvgIpc) is 3.00. The summed E-state index contributed by atoms with van der Waals surface area (Å²) < 4.78 is 40.0. The number of H-pyrrole nitrogens is 1. The van der Waals surface area contributed by atoms with E-state index in [0.717, 1.165) is 12.1 Å². The predicted molar refractivity (Wildman–Crippen MR) is 93.2 cm³/mol. The van der Waals surface area contributed by atoms with Gasteiger partial charge in [-0.15, -0.1) is 0 Å². The van der Waals surface area contributed by atoms with Gasteiger partial charge in [0.2, 0.25) is 5.91 Å². The number of nitrogens with zero attached hydrogens (tertiary/aromatic N) is 2. The van der Waals surface area contributed by atoms with Gasteiger partial charge in [-0.2, -0.15) is 13.2 Å². The Hall–Kier alpha value is -3.20. The molecule has 0 spiro atoms. The number of alkyl halides is 3. The van der Waals surface area contributed by atoms with Gasteiger partial charge < -0.3 is 15.8 Å². The molecule has 140 valence electrons. The van der Waals surface area contributed by atoms with E-state index in [2.05, 4.69) is 15.0 Å². The molecule has 0 aliphatic heterocycles. The van der Waals surface area contributed by atoms with Crippen LogP contribution in [0, 0.1) is 0 Å². The van der Waals surface area contributed by atoms with Crippen molar-refractivity contribution >= 4 is 23.1 Å². The molecule has 2 aromatic heterocycles. The Morgan fingerprint density at radius 2 is 2.11 bits per heavy atom. The van der Waals surface area contributed by atoms with Gasteiger partial charge in [-0.1, -0.05) is 12.1 Å². The fourth-order valence-corrected chi connectivity index (χ4v) is 2.67. The molecule has 1 atom stereocenters. The molecular formula is C18H15F3N4O2. The lowest BCUT2D eigenvalue weighted by atomic mass is 9.98. The SMILES string of the molecule is C[C@H](O)c1ccc(-c2cnc3[nH]cc(C=CC(N)=O)c3n2)cc1C(F)(F)F. The van der Waals surface area contributed by atoms with Crippen LogP contribution in [-0.4, -0.2) is 26.0 Å². The molecule has 3 rings (SSSR count). The number of aromatic amines is 1. The highest BCUT2D eigenvalue weighted by Gasteiger charge is 2.34. The summed E-state index contributed by atoms with van der Waals surface area (Å²) in [6.07, 6.45) is -0.389. The quantitative estimate of drug-likeness (QED) is 0.608. The van der Waals surface area contributed by atoms with Gasteiger partial charge in [0, 0.05) is 23.4 Å². The number of aromatic nitrogens is 3. The van der Waals surface area contributed by atoms with Crippen LogP contribution in [0.2, 0.25) is 0 Å². The van der Waals surface area contributed by atoms with Crippen molar-refractivity contribution in [2.24, 2.45) is 5.73 Å². The molecule has 0 saturated heterocycles. The number of carbonyl (C=O) groups is 1. The summed E-state index contributed by atoms with van der Waals surface area (Å²) >= 11 is 0. The zero-order valence-electron chi connectivity index (χ0n) is 14.1. The number of nitrogens with one attached hydrogen (secondary N) is 1. The minimum Gasteiger partial charge on any atom is -0.389 e. The lowest BCUT2D eigenvalue weighted by molar-refractivity contribution is -0.139. The first-order valence-corrected chi connectivity index (χ1v) is 7.88. The lowest BCUT2D eigenvalue weighted by Crippen LogP contribution is -2.11. The first-order chi connectivity index (χ1) is 12.7. The van der Waals surface area contributed by atoms with Crippen LogP contribution in [0.15, 0.2) is 36.7 Å². The topological polar surface area (TPSA) is 105 Å². The smallest absolute Gasteiger partial charge is 0.389 e. The maximum Gasteiger partial charge on any atom is 0.416 e. The largest absolute Gasteiger partial charge is 0.416 e. The molecule has 0 aliphatic carbocycles. The number of hydrogen-bond donors (Lipinski definition) is 3. The van der Waals surface area contributed by atoms with Gasteiger partial charge in [-0.3, -0.25) is 4.79 Å². The molecule has 3 aromatic rings. The second kappa shape index (κ2) is 6.84. The zero-order valence-corrected chi connectivity index (χ0v) is 14.1. The van der Waals surface area contributed by atoms with Crippen LogP contribution in [0.4, 0.5) is 13.2 Å². The van der Waals surface area contributed by atoms with E-state index in [4.69, 9.17) is 5.73 Å². The lowest BCUT2D eigenvalue weighted by Gasteiger charge is -2.16. The van der Waals surface area contributed by atoms with Crippen LogP contribution in [-0.2, 0) is 11.0 Å². The Labute approximate surface area is 151 Å². The molecule has 1 amide bonds. The summed E-state index contributed by atoms with van der Waals surface area (Å²) in [5.41, 5.74) is 5.67. The van der Waals surface area contributed by atoms with E-state index >= 15 is 0 Å². The number of halogens is 3. The fraction of sp³-hybridized carbons (Fsp3) is 0.167. The van der Waals surface area contributed by atoms with Gasteiger partial charge in [0.15, 0.2) is 5.65 Å². The molecule has 0 aliphatic rings.